The van der Waals surface area contributed by atoms with Gasteiger partial charge in [-0.15, -0.1) is 0 Å². The summed E-state index contributed by atoms with van der Waals surface area (Å²) < 4.78 is 29.6. The van der Waals surface area contributed by atoms with Crippen molar-refractivity contribution in [3.05, 3.63) is 35.6 Å². The standard InChI is InChI=1S/C17H22N2O4S/c1-12-7-8-19(9-10-24(12,21)22)17(20)18-11-15-13(2)23-16-6-4-3-5-14(15)16/h3-6,12H,7-11H2,1-2H3,(H,18,20). The Labute approximate surface area is 141 Å². The number of hydrogen-bond acceptors (Lipinski definition) is 4. The van der Waals surface area contributed by atoms with Gasteiger partial charge in [0.15, 0.2) is 9.84 Å². The van der Waals surface area contributed by atoms with Gasteiger partial charge < -0.3 is 14.6 Å². The van der Waals surface area contributed by atoms with Crippen molar-refractivity contribution in [1.29, 1.82) is 0 Å². The first-order chi connectivity index (χ1) is 11.4. The van der Waals surface area contributed by atoms with Crippen LogP contribution in [-0.4, -0.2) is 43.4 Å². The molecule has 1 saturated heterocycles. The third kappa shape index (κ3) is 3.26. The van der Waals surface area contributed by atoms with E-state index in [4.69, 9.17) is 4.42 Å². The maximum Gasteiger partial charge on any atom is 0.317 e. The Morgan fingerprint density at radius 3 is 2.88 bits per heavy atom. The fourth-order valence-electron chi connectivity index (χ4n) is 2.99. The van der Waals surface area contributed by atoms with Crippen LogP contribution in [0.25, 0.3) is 11.0 Å². The zero-order valence-corrected chi connectivity index (χ0v) is 14.7. The summed E-state index contributed by atoms with van der Waals surface area (Å²) in [5.74, 6) is 0.804. The van der Waals surface area contributed by atoms with Crippen molar-refractivity contribution in [1.82, 2.24) is 10.2 Å². The monoisotopic (exact) mass is 350 g/mol. The van der Waals surface area contributed by atoms with Crippen LogP contribution in [0.4, 0.5) is 4.79 Å². The van der Waals surface area contributed by atoms with Crippen LogP contribution in [0.5, 0.6) is 0 Å². The molecule has 3 rings (SSSR count). The number of furan rings is 1. The molecule has 1 aliphatic heterocycles. The quantitative estimate of drug-likeness (QED) is 0.902. The van der Waals surface area contributed by atoms with Crippen molar-refractivity contribution in [3.8, 4) is 0 Å². The summed E-state index contributed by atoms with van der Waals surface area (Å²) in [6, 6.07) is 7.47. The summed E-state index contributed by atoms with van der Waals surface area (Å²) in [6.07, 6.45) is 0.476. The molecule has 0 aliphatic carbocycles. The smallest absolute Gasteiger partial charge is 0.317 e. The molecule has 1 N–H and O–H groups in total. The van der Waals surface area contributed by atoms with E-state index >= 15 is 0 Å². The van der Waals surface area contributed by atoms with E-state index in [0.29, 0.717) is 19.5 Å². The maximum absolute atomic E-state index is 12.4. The first kappa shape index (κ1) is 16.8. The Bertz CT molecular complexity index is 857. The number of fused-ring (bicyclic) bond motifs is 1. The first-order valence-electron chi connectivity index (χ1n) is 8.10. The minimum atomic E-state index is -3.09. The molecule has 6 nitrogen and oxygen atoms in total. The highest BCUT2D eigenvalue weighted by molar-refractivity contribution is 7.92. The maximum atomic E-state index is 12.4. The Balaban J connectivity index is 1.68. The van der Waals surface area contributed by atoms with Gasteiger partial charge in [0.05, 0.1) is 11.0 Å². The number of sulfone groups is 1. The molecule has 1 aliphatic rings. The van der Waals surface area contributed by atoms with E-state index in [0.717, 1.165) is 22.3 Å². The third-order valence-electron chi connectivity index (χ3n) is 4.67. The fourth-order valence-corrected chi connectivity index (χ4v) is 4.33. The van der Waals surface area contributed by atoms with Crippen molar-refractivity contribution >= 4 is 26.8 Å². The van der Waals surface area contributed by atoms with Gasteiger partial charge in [-0.2, -0.15) is 0 Å². The highest BCUT2D eigenvalue weighted by Crippen LogP contribution is 2.25. The number of aryl methyl sites for hydroxylation is 1. The SMILES string of the molecule is Cc1oc2ccccc2c1CNC(=O)N1CCC(C)S(=O)(=O)CC1. The summed E-state index contributed by atoms with van der Waals surface area (Å²) in [5, 5.41) is 3.49. The lowest BCUT2D eigenvalue weighted by atomic mass is 10.1. The first-order valence-corrected chi connectivity index (χ1v) is 9.81. The molecule has 24 heavy (non-hydrogen) atoms. The van der Waals surface area contributed by atoms with Crippen molar-refractivity contribution in [2.24, 2.45) is 0 Å². The Hall–Kier alpha value is -2.02. The molecule has 130 valence electrons. The number of para-hydroxylation sites is 1. The molecule has 1 atom stereocenters. The van der Waals surface area contributed by atoms with E-state index in [1.807, 2.05) is 31.2 Å². The van der Waals surface area contributed by atoms with Gasteiger partial charge in [0.2, 0.25) is 0 Å². The van der Waals surface area contributed by atoms with E-state index < -0.39 is 15.1 Å². The van der Waals surface area contributed by atoms with Gasteiger partial charge in [0, 0.05) is 30.6 Å². The molecule has 0 saturated carbocycles. The number of urea groups is 1. The van der Waals surface area contributed by atoms with Crippen LogP contribution in [-0.2, 0) is 16.4 Å². The van der Waals surface area contributed by atoms with Gasteiger partial charge in [-0.05, 0) is 26.3 Å². The van der Waals surface area contributed by atoms with Gasteiger partial charge in [0.1, 0.15) is 11.3 Å². The van der Waals surface area contributed by atoms with Crippen LogP contribution in [0, 0.1) is 6.92 Å². The number of amides is 2. The van der Waals surface area contributed by atoms with E-state index in [9.17, 15) is 13.2 Å². The number of nitrogens with zero attached hydrogens (tertiary/aromatic N) is 1. The topological polar surface area (TPSA) is 79.6 Å². The van der Waals surface area contributed by atoms with Gasteiger partial charge in [-0.1, -0.05) is 18.2 Å². The van der Waals surface area contributed by atoms with Crippen LogP contribution in [0.3, 0.4) is 0 Å². The Kier molecular flexibility index (Phi) is 4.54. The fraction of sp³-hybridized carbons (Fsp3) is 0.471. The lowest BCUT2D eigenvalue weighted by molar-refractivity contribution is 0.201. The second kappa shape index (κ2) is 6.47. The highest BCUT2D eigenvalue weighted by atomic mass is 32.2. The highest BCUT2D eigenvalue weighted by Gasteiger charge is 2.28. The predicted molar refractivity (Wildman–Crippen MR) is 92.6 cm³/mol. The molecule has 1 fully saturated rings. The minimum Gasteiger partial charge on any atom is -0.461 e. The molecule has 2 amide bonds. The summed E-state index contributed by atoms with van der Waals surface area (Å²) in [4.78, 5) is 14.0. The number of carbonyl (C=O) groups excluding carboxylic acids is 1. The molecule has 7 heteroatoms. The van der Waals surface area contributed by atoms with Crippen LogP contribution in [0.1, 0.15) is 24.7 Å². The molecule has 0 radical (unpaired) electrons. The van der Waals surface area contributed by atoms with Crippen molar-refractivity contribution in [2.45, 2.75) is 32.1 Å². The Morgan fingerprint density at radius 2 is 2.08 bits per heavy atom. The minimum absolute atomic E-state index is 0.0231. The van der Waals surface area contributed by atoms with E-state index in [2.05, 4.69) is 5.32 Å². The van der Waals surface area contributed by atoms with Crippen LogP contribution < -0.4 is 5.32 Å². The molecule has 1 aromatic heterocycles. The van der Waals surface area contributed by atoms with Crippen LogP contribution in [0.15, 0.2) is 28.7 Å². The largest absolute Gasteiger partial charge is 0.461 e. The van der Waals surface area contributed by atoms with E-state index in [1.165, 1.54) is 0 Å². The molecule has 2 aromatic rings. The molecular formula is C17H22N2O4S. The number of carbonyl (C=O) groups is 1. The number of benzene rings is 1. The van der Waals surface area contributed by atoms with Crippen LogP contribution in [0.2, 0.25) is 0 Å². The van der Waals surface area contributed by atoms with Crippen molar-refractivity contribution in [2.75, 3.05) is 18.8 Å². The summed E-state index contributed by atoms with van der Waals surface area (Å²) in [5.41, 5.74) is 1.75. The van der Waals surface area contributed by atoms with Gasteiger partial charge >= 0.3 is 6.03 Å². The second-order valence-electron chi connectivity index (χ2n) is 6.24. The third-order valence-corrected chi connectivity index (χ3v) is 6.88. The summed E-state index contributed by atoms with van der Waals surface area (Å²) in [7, 11) is -3.09. The number of hydrogen-bond donors (Lipinski definition) is 1. The molecule has 1 unspecified atom stereocenters. The van der Waals surface area contributed by atoms with Crippen molar-refractivity contribution in [3.63, 3.8) is 0 Å². The zero-order valence-electron chi connectivity index (χ0n) is 13.9. The second-order valence-corrected chi connectivity index (χ2v) is 8.78. The van der Waals surface area contributed by atoms with Gasteiger partial charge in [-0.3, -0.25) is 0 Å². The normalized spacial score (nSPS) is 20.8. The van der Waals surface area contributed by atoms with E-state index in [-0.39, 0.29) is 18.3 Å². The molecule has 1 aromatic carbocycles. The zero-order chi connectivity index (χ0) is 17.3. The molecule has 0 spiro atoms. The van der Waals surface area contributed by atoms with E-state index in [1.54, 1.807) is 11.8 Å². The van der Waals surface area contributed by atoms with Gasteiger partial charge in [0.25, 0.3) is 0 Å². The predicted octanol–water partition coefficient (Wildman–Crippen LogP) is 2.46. The van der Waals surface area contributed by atoms with Crippen molar-refractivity contribution < 1.29 is 17.6 Å². The number of rotatable bonds is 2. The van der Waals surface area contributed by atoms with Gasteiger partial charge in [-0.25, -0.2) is 13.2 Å². The molecule has 0 bridgehead atoms. The lowest BCUT2D eigenvalue weighted by Crippen LogP contribution is -2.41. The average Bonchev–Trinajstić information content (AvgIpc) is 2.79. The molecule has 2 heterocycles. The van der Waals surface area contributed by atoms with Crippen LogP contribution >= 0.6 is 0 Å². The lowest BCUT2D eigenvalue weighted by Gasteiger charge is -2.20. The number of nitrogens with one attached hydrogen (secondary N) is 1. The summed E-state index contributed by atoms with van der Waals surface area (Å²) >= 11 is 0. The summed E-state index contributed by atoms with van der Waals surface area (Å²) in [6.45, 7) is 4.64. The molecular weight excluding hydrogens is 328 g/mol. The average molecular weight is 350 g/mol. The Morgan fingerprint density at radius 1 is 1.33 bits per heavy atom.